The monoisotopic (exact) mass is 487 g/mol. The Kier molecular flexibility index (Phi) is 9.33. The lowest BCUT2D eigenvalue weighted by Crippen LogP contribution is -2.29. The summed E-state index contributed by atoms with van der Waals surface area (Å²) >= 11 is 2.66. The SMILES string of the molecule is CCOc1ccc(OCCNC(=O)CSc2nnc(Nc3cccc(NC(C)=O)c3)s2)cc1. The van der Waals surface area contributed by atoms with Crippen molar-refractivity contribution in [1.29, 1.82) is 0 Å². The van der Waals surface area contributed by atoms with Crippen molar-refractivity contribution in [3.05, 3.63) is 48.5 Å². The molecule has 0 radical (unpaired) electrons. The number of benzene rings is 2. The molecular weight excluding hydrogens is 462 g/mol. The fraction of sp³-hybridized carbons (Fsp3) is 0.273. The zero-order valence-corrected chi connectivity index (χ0v) is 19.9. The number of aromatic nitrogens is 2. The van der Waals surface area contributed by atoms with Gasteiger partial charge in [0.15, 0.2) is 4.34 Å². The van der Waals surface area contributed by atoms with Crippen molar-refractivity contribution in [2.45, 2.75) is 18.2 Å². The molecule has 0 saturated carbocycles. The van der Waals surface area contributed by atoms with Crippen LogP contribution in [0.15, 0.2) is 52.9 Å². The Morgan fingerprint density at radius 3 is 2.48 bits per heavy atom. The van der Waals surface area contributed by atoms with E-state index in [0.717, 1.165) is 17.2 Å². The third-order valence-corrected chi connectivity index (χ3v) is 5.97. The number of nitrogens with one attached hydrogen (secondary N) is 3. The summed E-state index contributed by atoms with van der Waals surface area (Å²) in [6.07, 6.45) is 0. The van der Waals surface area contributed by atoms with Gasteiger partial charge in [0.25, 0.3) is 0 Å². The molecule has 0 aliphatic rings. The second kappa shape index (κ2) is 12.7. The fourth-order valence-electron chi connectivity index (χ4n) is 2.66. The quantitative estimate of drug-likeness (QED) is 0.260. The Hall–Kier alpha value is -3.31. The van der Waals surface area contributed by atoms with Crippen molar-refractivity contribution >= 4 is 51.4 Å². The fourth-order valence-corrected chi connectivity index (χ4v) is 4.26. The number of anilines is 3. The van der Waals surface area contributed by atoms with Crippen molar-refractivity contribution in [2.24, 2.45) is 0 Å². The summed E-state index contributed by atoms with van der Waals surface area (Å²) in [7, 11) is 0. The second-order valence-electron chi connectivity index (χ2n) is 6.65. The van der Waals surface area contributed by atoms with Crippen molar-refractivity contribution in [3.63, 3.8) is 0 Å². The van der Waals surface area contributed by atoms with E-state index in [2.05, 4.69) is 26.1 Å². The number of ether oxygens (including phenoxy) is 2. The molecule has 0 fully saturated rings. The number of amides is 2. The van der Waals surface area contributed by atoms with E-state index in [1.54, 1.807) is 12.1 Å². The average Bonchev–Trinajstić information content (AvgIpc) is 3.23. The topological polar surface area (TPSA) is 114 Å². The summed E-state index contributed by atoms with van der Waals surface area (Å²) in [4.78, 5) is 23.3. The van der Waals surface area contributed by atoms with Gasteiger partial charge in [0, 0.05) is 18.3 Å². The number of carbonyl (C=O) groups excluding carboxylic acids is 2. The molecule has 11 heteroatoms. The molecule has 3 rings (SSSR count). The molecule has 2 aromatic carbocycles. The molecule has 0 aliphatic heterocycles. The Bertz CT molecular complexity index is 1060. The van der Waals surface area contributed by atoms with E-state index in [-0.39, 0.29) is 17.6 Å². The number of hydrogen-bond acceptors (Lipinski definition) is 9. The Balaban J connectivity index is 1.36. The first-order chi connectivity index (χ1) is 16.0. The predicted octanol–water partition coefficient (Wildman–Crippen LogP) is 3.93. The maximum absolute atomic E-state index is 12.1. The van der Waals surface area contributed by atoms with Gasteiger partial charge >= 0.3 is 0 Å². The summed E-state index contributed by atoms with van der Waals surface area (Å²) in [5, 5.41) is 17.5. The van der Waals surface area contributed by atoms with Gasteiger partial charge in [-0.25, -0.2) is 0 Å². The van der Waals surface area contributed by atoms with E-state index in [9.17, 15) is 9.59 Å². The number of thioether (sulfide) groups is 1. The summed E-state index contributed by atoms with van der Waals surface area (Å²) in [5.41, 5.74) is 1.47. The minimum absolute atomic E-state index is 0.108. The Labute approximate surface area is 200 Å². The molecule has 174 valence electrons. The number of nitrogens with zero attached hydrogens (tertiary/aromatic N) is 2. The zero-order chi connectivity index (χ0) is 23.5. The van der Waals surface area contributed by atoms with Gasteiger partial charge in [-0.05, 0) is 49.4 Å². The summed E-state index contributed by atoms with van der Waals surface area (Å²) in [6.45, 7) is 4.78. The van der Waals surface area contributed by atoms with Crippen molar-refractivity contribution < 1.29 is 19.1 Å². The summed E-state index contributed by atoms with van der Waals surface area (Å²) in [5.74, 6) is 1.50. The van der Waals surface area contributed by atoms with Crippen LogP contribution in [0.2, 0.25) is 0 Å². The van der Waals surface area contributed by atoms with Crippen LogP contribution in [-0.2, 0) is 9.59 Å². The average molecular weight is 488 g/mol. The molecule has 3 aromatic rings. The van der Waals surface area contributed by atoms with Crippen LogP contribution in [-0.4, -0.2) is 47.5 Å². The Morgan fingerprint density at radius 2 is 1.76 bits per heavy atom. The van der Waals surface area contributed by atoms with E-state index < -0.39 is 0 Å². The molecule has 3 N–H and O–H groups in total. The first-order valence-corrected chi connectivity index (χ1v) is 12.1. The van der Waals surface area contributed by atoms with Gasteiger partial charge in [-0.15, -0.1) is 10.2 Å². The van der Waals surface area contributed by atoms with E-state index >= 15 is 0 Å². The van der Waals surface area contributed by atoms with Gasteiger partial charge in [0.05, 0.1) is 18.9 Å². The van der Waals surface area contributed by atoms with E-state index in [1.165, 1.54) is 30.0 Å². The number of carbonyl (C=O) groups is 2. The highest BCUT2D eigenvalue weighted by Gasteiger charge is 2.09. The van der Waals surface area contributed by atoms with Crippen LogP contribution in [0, 0.1) is 0 Å². The number of hydrogen-bond donors (Lipinski definition) is 3. The number of rotatable bonds is 12. The molecule has 1 aromatic heterocycles. The van der Waals surface area contributed by atoms with Crippen LogP contribution < -0.4 is 25.4 Å². The van der Waals surface area contributed by atoms with Crippen LogP contribution in [0.25, 0.3) is 0 Å². The van der Waals surface area contributed by atoms with Crippen LogP contribution in [0.1, 0.15) is 13.8 Å². The van der Waals surface area contributed by atoms with Crippen LogP contribution >= 0.6 is 23.1 Å². The molecule has 0 unspecified atom stereocenters. The van der Waals surface area contributed by atoms with Crippen LogP contribution in [0.4, 0.5) is 16.5 Å². The van der Waals surface area contributed by atoms with E-state index in [1.807, 2.05) is 43.3 Å². The normalized spacial score (nSPS) is 10.4. The van der Waals surface area contributed by atoms with Gasteiger partial charge in [-0.1, -0.05) is 29.2 Å². The van der Waals surface area contributed by atoms with Gasteiger partial charge in [-0.2, -0.15) is 0 Å². The second-order valence-corrected chi connectivity index (χ2v) is 8.85. The molecule has 33 heavy (non-hydrogen) atoms. The molecule has 1 heterocycles. The smallest absolute Gasteiger partial charge is 0.230 e. The minimum Gasteiger partial charge on any atom is -0.494 e. The molecule has 2 amide bonds. The summed E-state index contributed by atoms with van der Waals surface area (Å²) in [6, 6.07) is 14.7. The lowest BCUT2D eigenvalue weighted by molar-refractivity contribution is -0.118. The molecule has 0 aliphatic carbocycles. The Morgan fingerprint density at radius 1 is 1.03 bits per heavy atom. The molecule has 0 bridgehead atoms. The zero-order valence-electron chi connectivity index (χ0n) is 18.3. The highest BCUT2D eigenvalue weighted by molar-refractivity contribution is 8.01. The van der Waals surface area contributed by atoms with Gasteiger partial charge in [0.1, 0.15) is 18.1 Å². The lowest BCUT2D eigenvalue weighted by Gasteiger charge is -2.08. The first-order valence-electron chi connectivity index (χ1n) is 10.2. The van der Waals surface area contributed by atoms with E-state index in [0.29, 0.717) is 34.9 Å². The van der Waals surface area contributed by atoms with Crippen molar-refractivity contribution in [2.75, 3.05) is 36.1 Å². The molecule has 9 nitrogen and oxygen atoms in total. The van der Waals surface area contributed by atoms with Gasteiger partial charge in [-0.3, -0.25) is 9.59 Å². The molecule has 0 saturated heterocycles. The molecule has 0 spiro atoms. The standard InChI is InChI=1S/C22H25N5O4S2/c1-3-30-18-7-9-19(10-8-18)31-12-11-23-20(29)14-32-22-27-26-21(33-22)25-17-6-4-5-16(13-17)24-15(2)28/h4-10,13H,3,11-12,14H2,1-2H3,(H,23,29)(H,24,28)(H,25,26). The maximum atomic E-state index is 12.1. The van der Waals surface area contributed by atoms with Gasteiger partial charge < -0.3 is 25.4 Å². The highest BCUT2D eigenvalue weighted by atomic mass is 32.2. The van der Waals surface area contributed by atoms with Crippen LogP contribution in [0.5, 0.6) is 11.5 Å². The first kappa shape index (κ1) is 24.3. The van der Waals surface area contributed by atoms with E-state index in [4.69, 9.17) is 9.47 Å². The van der Waals surface area contributed by atoms with Crippen molar-refractivity contribution in [3.8, 4) is 11.5 Å². The van der Waals surface area contributed by atoms with Gasteiger partial charge in [0.2, 0.25) is 16.9 Å². The maximum Gasteiger partial charge on any atom is 0.230 e. The largest absolute Gasteiger partial charge is 0.494 e. The van der Waals surface area contributed by atoms with Crippen LogP contribution in [0.3, 0.4) is 0 Å². The molecular formula is C22H25N5O4S2. The highest BCUT2D eigenvalue weighted by Crippen LogP contribution is 2.28. The third kappa shape index (κ3) is 8.62. The third-order valence-electron chi connectivity index (χ3n) is 4.00. The minimum atomic E-state index is -0.136. The lowest BCUT2D eigenvalue weighted by atomic mass is 10.3. The van der Waals surface area contributed by atoms with Crippen molar-refractivity contribution in [1.82, 2.24) is 15.5 Å². The molecule has 0 atom stereocenters. The summed E-state index contributed by atoms with van der Waals surface area (Å²) < 4.78 is 11.7. The predicted molar refractivity (Wildman–Crippen MR) is 131 cm³/mol.